The summed E-state index contributed by atoms with van der Waals surface area (Å²) in [6.45, 7) is 8.48. The fourth-order valence-corrected chi connectivity index (χ4v) is 4.27. The summed E-state index contributed by atoms with van der Waals surface area (Å²) in [5, 5.41) is 2.87. The van der Waals surface area contributed by atoms with Gasteiger partial charge in [-0.15, -0.1) is 11.3 Å². The SMILES string of the molecule is C[C@@H](OC(=O)c1cc2c(s1)CC[C@H](C(C)(C)C)C2)C(=O)NC1CC1. The molecule has 2 aliphatic carbocycles. The van der Waals surface area contributed by atoms with Gasteiger partial charge < -0.3 is 10.1 Å². The van der Waals surface area contributed by atoms with Crippen molar-refractivity contribution in [2.75, 3.05) is 0 Å². The molecule has 2 aliphatic rings. The normalized spacial score (nSPS) is 21.8. The Bertz CT molecular complexity index is 640. The van der Waals surface area contributed by atoms with Gasteiger partial charge in [0.15, 0.2) is 6.10 Å². The highest BCUT2D eigenvalue weighted by Crippen LogP contribution is 2.40. The van der Waals surface area contributed by atoms with Gasteiger partial charge in [0.05, 0.1) is 0 Å². The highest BCUT2D eigenvalue weighted by atomic mass is 32.1. The number of rotatable bonds is 4. The highest BCUT2D eigenvalue weighted by molar-refractivity contribution is 7.14. The van der Waals surface area contributed by atoms with Crippen LogP contribution in [0.3, 0.4) is 0 Å². The summed E-state index contributed by atoms with van der Waals surface area (Å²) in [5.41, 5.74) is 1.57. The van der Waals surface area contributed by atoms with Crippen LogP contribution in [0.1, 0.15) is 67.1 Å². The van der Waals surface area contributed by atoms with Gasteiger partial charge in [0.25, 0.3) is 5.91 Å². The standard InChI is InChI=1S/C19H27NO3S/c1-11(17(21)20-14-6-7-14)23-18(22)16-10-12-9-13(19(2,3)4)5-8-15(12)24-16/h10-11,13-14H,5-9H2,1-4H3,(H,20,21)/t11-,13+/m1/s1. The van der Waals surface area contributed by atoms with E-state index in [0.29, 0.717) is 10.8 Å². The number of thiophene rings is 1. The van der Waals surface area contributed by atoms with Gasteiger partial charge in [-0.2, -0.15) is 0 Å². The number of carbonyl (C=O) groups is 2. The fraction of sp³-hybridized carbons (Fsp3) is 0.684. The second-order valence-corrected chi connectivity index (χ2v) is 9.33. The Balaban J connectivity index is 1.62. The molecule has 0 aromatic carbocycles. The molecule has 2 atom stereocenters. The number of hydrogen-bond acceptors (Lipinski definition) is 4. The lowest BCUT2D eigenvalue weighted by atomic mass is 9.72. The predicted octanol–water partition coefficient (Wildman–Crippen LogP) is 3.72. The maximum Gasteiger partial charge on any atom is 0.349 e. The average molecular weight is 349 g/mol. The Kier molecular flexibility index (Phi) is 4.73. The number of ether oxygens (including phenoxy) is 1. The van der Waals surface area contributed by atoms with Crippen LogP contribution in [0, 0.1) is 11.3 Å². The van der Waals surface area contributed by atoms with Crippen LogP contribution in [0.2, 0.25) is 0 Å². The van der Waals surface area contributed by atoms with Crippen LogP contribution in [-0.2, 0) is 22.4 Å². The third-order valence-corrected chi connectivity index (χ3v) is 6.30. The first kappa shape index (κ1) is 17.5. The molecular formula is C19H27NO3S. The number of hydrogen-bond donors (Lipinski definition) is 1. The summed E-state index contributed by atoms with van der Waals surface area (Å²) in [4.78, 5) is 26.2. The summed E-state index contributed by atoms with van der Waals surface area (Å²) < 4.78 is 5.36. The van der Waals surface area contributed by atoms with Gasteiger partial charge in [-0.1, -0.05) is 20.8 Å². The fourth-order valence-electron chi connectivity index (χ4n) is 3.18. The minimum Gasteiger partial charge on any atom is -0.448 e. The molecule has 1 heterocycles. The van der Waals surface area contributed by atoms with E-state index in [2.05, 4.69) is 26.1 Å². The second-order valence-electron chi connectivity index (χ2n) is 8.20. The maximum atomic E-state index is 12.4. The van der Waals surface area contributed by atoms with Crippen molar-refractivity contribution >= 4 is 23.2 Å². The van der Waals surface area contributed by atoms with Gasteiger partial charge in [0.1, 0.15) is 4.88 Å². The van der Waals surface area contributed by atoms with E-state index in [-0.39, 0.29) is 23.3 Å². The molecule has 3 rings (SSSR count). The number of nitrogens with one attached hydrogen (secondary N) is 1. The molecule has 1 saturated carbocycles. The Labute approximate surface area is 148 Å². The maximum absolute atomic E-state index is 12.4. The van der Waals surface area contributed by atoms with Gasteiger partial charge >= 0.3 is 5.97 Å². The van der Waals surface area contributed by atoms with Gasteiger partial charge in [-0.3, -0.25) is 4.79 Å². The van der Waals surface area contributed by atoms with Crippen LogP contribution in [0.4, 0.5) is 0 Å². The molecule has 24 heavy (non-hydrogen) atoms. The highest BCUT2D eigenvalue weighted by Gasteiger charge is 2.31. The van der Waals surface area contributed by atoms with Crippen molar-refractivity contribution in [1.29, 1.82) is 0 Å². The number of fused-ring (bicyclic) bond motifs is 1. The van der Waals surface area contributed by atoms with Crippen molar-refractivity contribution in [3.8, 4) is 0 Å². The van der Waals surface area contributed by atoms with Gasteiger partial charge in [0.2, 0.25) is 0 Å². The number of aryl methyl sites for hydroxylation is 1. The molecule has 0 bridgehead atoms. The molecule has 0 unspecified atom stereocenters. The molecule has 0 aliphatic heterocycles. The molecule has 0 spiro atoms. The van der Waals surface area contributed by atoms with Gasteiger partial charge in [-0.05, 0) is 62.0 Å². The van der Waals surface area contributed by atoms with Crippen molar-refractivity contribution < 1.29 is 14.3 Å². The minimum absolute atomic E-state index is 0.194. The van der Waals surface area contributed by atoms with Crippen molar-refractivity contribution in [3.05, 3.63) is 21.4 Å². The van der Waals surface area contributed by atoms with E-state index >= 15 is 0 Å². The molecule has 1 N–H and O–H groups in total. The summed E-state index contributed by atoms with van der Waals surface area (Å²) >= 11 is 1.53. The first-order valence-electron chi connectivity index (χ1n) is 8.87. The van der Waals surface area contributed by atoms with E-state index in [1.165, 1.54) is 28.2 Å². The first-order chi connectivity index (χ1) is 11.2. The van der Waals surface area contributed by atoms with Crippen LogP contribution in [0.5, 0.6) is 0 Å². The van der Waals surface area contributed by atoms with Crippen LogP contribution < -0.4 is 5.32 Å². The topological polar surface area (TPSA) is 55.4 Å². The third-order valence-electron chi connectivity index (χ3n) is 5.09. The van der Waals surface area contributed by atoms with Crippen molar-refractivity contribution in [3.63, 3.8) is 0 Å². The lowest BCUT2D eigenvalue weighted by Crippen LogP contribution is -2.36. The summed E-state index contributed by atoms with van der Waals surface area (Å²) in [6, 6.07) is 2.26. The van der Waals surface area contributed by atoms with Crippen molar-refractivity contribution in [2.45, 2.75) is 71.9 Å². The largest absolute Gasteiger partial charge is 0.448 e. The molecule has 0 saturated heterocycles. The quantitative estimate of drug-likeness (QED) is 0.843. The smallest absolute Gasteiger partial charge is 0.349 e. The monoisotopic (exact) mass is 349 g/mol. The molecule has 1 aromatic rings. The summed E-state index contributed by atoms with van der Waals surface area (Å²) in [7, 11) is 0. The molecule has 5 heteroatoms. The molecular weight excluding hydrogens is 322 g/mol. The molecule has 0 radical (unpaired) electrons. The molecule has 132 valence electrons. The van der Waals surface area contributed by atoms with E-state index in [0.717, 1.165) is 25.7 Å². The minimum atomic E-state index is -0.737. The zero-order valence-electron chi connectivity index (χ0n) is 15.0. The lowest BCUT2D eigenvalue weighted by Gasteiger charge is -2.33. The zero-order valence-corrected chi connectivity index (χ0v) is 15.8. The number of carbonyl (C=O) groups excluding carboxylic acids is 2. The lowest BCUT2D eigenvalue weighted by molar-refractivity contribution is -0.129. The first-order valence-corrected chi connectivity index (χ1v) is 9.68. The number of amides is 1. The second kappa shape index (κ2) is 6.51. The Morgan fingerprint density at radius 1 is 1.29 bits per heavy atom. The van der Waals surface area contributed by atoms with E-state index < -0.39 is 6.10 Å². The van der Waals surface area contributed by atoms with E-state index in [9.17, 15) is 9.59 Å². The van der Waals surface area contributed by atoms with Crippen LogP contribution in [0.25, 0.3) is 0 Å². The van der Waals surface area contributed by atoms with Gasteiger partial charge in [0, 0.05) is 10.9 Å². The Hall–Kier alpha value is -1.36. The van der Waals surface area contributed by atoms with Crippen molar-refractivity contribution in [1.82, 2.24) is 5.32 Å². The number of esters is 1. The van der Waals surface area contributed by atoms with Crippen LogP contribution >= 0.6 is 11.3 Å². The average Bonchev–Trinajstić information content (AvgIpc) is 3.20. The molecule has 1 aromatic heterocycles. The molecule has 4 nitrogen and oxygen atoms in total. The van der Waals surface area contributed by atoms with E-state index in [4.69, 9.17) is 4.74 Å². The van der Waals surface area contributed by atoms with E-state index in [1.54, 1.807) is 6.92 Å². The summed E-state index contributed by atoms with van der Waals surface area (Å²) in [6.07, 6.45) is 4.55. The van der Waals surface area contributed by atoms with E-state index in [1.807, 2.05) is 6.07 Å². The predicted molar refractivity (Wildman–Crippen MR) is 95.3 cm³/mol. The zero-order chi connectivity index (χ0) is 17.5. The third kappa shape index (κ3) is 4.00. The Morgan fingerprint density at radius 2 is 2.00 bits per heavy atom. The molecule has 1 fully saturated rings. The van der Waals surface area contributed by atoms with Crippen LogP contribution in [-0.4, -0.2) is 24.0 Å². The van der Waals surface area contributed by atoms with Crippen molar-refractivity contribution in [2.24, 2.45) is 11.3 Å². The van der Waals surface area contributed by atoms with Crippen LogP contribution in [0.15, 0.2) is 6.07 Å². The van der Waals surface area contributed by atoms with Gasteiger partial charge in [-0.25, -0.2) is 4.79 Å². The summed E-state index contributed by atoms with van der Waals surface area (Å²) in [5.74, 6) is 0.0758. The Morgan fingerprint density at radius 3 is 2.62 bits per heavy atom. The molecule has 1 amide bonds.